The van der Waals surface area contributed by atoms with Crippen molar-refractivity contribution in [3.05, 3.63) is 71.9 Å². The minimum atomic E-state index is -0.219. The molecule has 2 aromatic carbocycles. The van der Waals surface area contributed by atoms with Gasteiger partial charge < -0.3 is 10.8 Å². The number of hydrogen-bond donors (Lipinski definition) is 2. The molecule has 0 radical (unpaired) electrons. The topological polar surface area (TPSA) is 88.0 Å². The van der Waals surface area contributed by atoms with Crippen LogP contribution in [0.5, 0.6) is 5.75 Å². The Balaban J connectivity index is 0.000000173. The van der Waals surface area contributed by atoms with Crippen LogP contribution in [0.2, 0.25) is 0 Å². The van der Waals surface area contributed by atoms with Crippen molar-refractivity contribution in [1.82, 2.24) is 0 Å². The molecule has 3 N–H and O–H groups in total. The molecule has 0 fully saturated rings. The predicted molar refractivity (Wildman–Crippen MR) is 80.6 cm³/mol. The fraction of sp³-hybridized carbons (Fsp3) is 0.0625. The number of nitrogen functional groups attached to an aromatic ring is 1. The molecule has 5 heteroatoms. The Morgan fingerprint density at radius 1 is 1.00 bits per heavy atom. The summed E-state index contributed by atoms with van der Waals surface area (Å²) in [4.78, 5) is 11.0. The lowest BCUT2D eigenvalue weighted by Crippen LogP contribution is -1.97. The van der Waals surface area contributed by atoms with Crippen LogP contribution in [0.15, 0.2) is 76.6 Å². The summed E-state index contributed by atoms with van der Waals surface area (Å²) < 4.78 is 0. The molecule has 0 aromatic heterocycles. The lowest BCUT2D eigenvalue weighted by molar-refractivity contribution is -0.114. The van der Waals surface area contributed by atoms with Gasteiger partial charge >= 0.3 is 0 Å². The van der Waals surface area contributed by atoms with Crippen LogP contribution < -0.4 is 5.73 Å². The van der Waals surface area contributed by atoms with Crippen molar-refractivity contribution < 1.29 is 9.90 Å². The lowest BCUT2D eigenvalue weighted by Gasteiger charge is -1.97. The van der Waals surface area contributed by atoms with Gasteiger partial charge in [0.05, 0.1) is 6.20 Å². The van der Waals surface area contributed by atoms with Gasteiger partial charge in [0.25, 0.3) is 5.91 Å². The molecule has 0 unspecified atom stereocenters. The number of amides is 1. The number of nitrogens with zero attached hydrogens (tertiary/aromatic N) is 2. The van der Waals surface area contributed by atoms with Gasteiger partial charge in [-0.15, -0.1) is 5.11 Å². The number of nitrogens with two attached hydrogens (primary N) is 1. The average Bonchev–Trinajstić information content (AvgIpc) is 2.89. The molecule has 106 valence electrons. The first kappa shape index (κ1) is 14.5. The van der Waals surface area contributed by atoms with E-state index in [1.165, 1.54) is 6.20 Å². The molecular formula is C16H15N3O2. The first-order valence-corrected chi connectivity index (χ1v) is 6.38. The van der Waals surface area contributed by atoms with E-state index in [9.17, 15) is 4.79 Å². The monoisotopic (exact) mass is 281 g/mol. The Morgan fingerprint density at radius 2 is 1.67 bits per heavy atom. The maximum atomic E-state index is 11.0. The minimum Gasteiger partial charge on any atom is -0.508 e. The highest BCUT2D eigenvalue weighted by Crippen LogP contribution is 2.13. The van der Waals surface area contributed by atoms with Gasteiger partial charge in [-0.05, 0) is 29.8 Å². The summed E-state index contributed by atoms with van der Waals surface area (Å²) in [7, 11) is 0. The van der Waals surface area contributed by atoms with Crippen LogP contribution in [0, 0.1) is 0 Å². The van der Waals surface area contributed by atoms with Crippen molar-refractivity contribution in [2.75, 3.05) is 5.73 Å². The van der Waals surface area contributed by atoms with Crippen molar-refractivity contribution in [3.8, 4) is 5.75 Å². The molecule has 0 bridgehead atoms. The Morgan fingerprint density at radius 3 is 2.19 bits per heavy atom. The fourth-order valence-electron chi connectivity index (χ4n) is 1.68. The molecular weight excluding hydrogens is 266 g/mol. The SMILES string of the molecule is Nc1ccc(O)cc1.O=C1N=NC=C1Cc1ccccc1. The van der Waals surface area contributed by atoms with E-state index in [2.05, 4.69) is 10.2 Å². The lowest BCUT2D eigenvalue weighted by atomic mass is 10.1. The van der Waals surface area contributed by atoms with Crippen LogP contribution in [0.3, 0.4) is 0 Å². The summed E-state index contributed by atoms with van der Waals surface area (Å²) >= 11 is 0. The van der Waals surface area contributed by atoms with Gasteiger partial charge in [0.2, 0.25) is 0 Å². The normalized spacial score (nSPS) is 12.6. The number of azo groups is 1. The Kier molecular flexibility index (Phi) is 4.82. The van der Waals surface area contributed by atoms with Crippen molar-refractivity contribution in [3.63, 3.8) is 0 Å². The second-order valence-electron chi connectivity index (χ2n) is 4.43. The molecule has 1 heterocycles. The number of rotatable bonds is 2. The van der Waals surface area contributed by atoms with E-state index in [0.717, 1.165) is 5.56 Å². The second kappa shape index (κ2) is 7.00. The number of phenolic OH excluding ortho intramolecular Hbond substituents is 1. The zero-order valence-corrected chi connectivity index (χ0v) is 11.3. The van der Waals surface area contributed by atoms with Gasteiger partial charge in [-0.3, -0.25) is 4.79 Å². The second-order valence-corrected chi connectivity index (χ2v) is 4.43. The summed E-state index contributed by atoms with van der Waals surface area (Å²) in [6.45, 7) is 0. The highest BCUT2D eigenvalue weighted by molar-refractivity contribution is 5.95. The standard InChI is InChI=1S/C10H8N2O.C6H7NO/c13-10-9(7-11-12-10)6-8-4-2-1-3-5-8;7-5-1-3-6(8)4-2-5/h1-5,7H,6H2;1-4,8H,7H2. The van der Waals surface area contributed by atoms with Crippen LogP contribution in [0.1, 0.15) is 5.56 Å². The summed E-state index contributed by atoms with van der Waals surface area (Å²) in [6.07, 6.45) is 2.14. The zero-order valence-electron chi connectivity index (χ0n) is 11.3. The van der Waals surface area contributed by atoms with E-state index in [1.807, 2.05) is 30.3 Å². The number of benzene rings is 2. The van der Waals surface area contributed by atoms with Gasteiger partial charge in [-0.25, -0.2) is 0 Å². The third-order valence-corrected chi connectivity index (χ3v) is 2.77. The predicted octanol–water partition coefficient (Wildman–Crippen LogP) is 3.08. The number of hydrogen-bond acceptors (Lipinski definition) is 4. The molecule has 5 nitrogen and oxygen atoms in total. The zero-order chi connectivity index (χ0) is 15.1. The summed E-state index contributed by atoms with van der Waals surface area (Å²) in [6, 6.07) is 16.2. The summed E-state index contributed by atoms with van der Waals surface area (Å²) in [5.41, 5.74) is 7.75. The summed E-state index contributed by atoms with van der Waals surface area (Å²) in [5.74, 6) is 0.0306. The molecule has 0 aliphatic carbocycles. The third-order valence-electron chi connectivity index (χ3n) is 2.77. The fourth-order valence-corrected chi connectivity index (χ4v) is 1.68. The van der Waals surface area contributed by atoms with Crippen LogP contribution in [0.25, 0.3) is 0 Å². The largest absolute Gasteiger partial charge is 0.508 e. The Hall–Kier alpha value is -2.95. The van der Waals surface area contributed by atoms with Gasteiger partial charge in [0.1, 0.15) is 5.75 Å². The van der Waals surface area contributed by atoms with E-state index >= 15 is 0 Å². The average molecular weight is 281 g/mol. The number of carbonyl (C=O) groups is 1. The molecule has 1 aliphatic rings. The van der Waals surface area contributed by atoms with Crippen molar-refractivity contribution in [2.45, 2.75) is 6.42 Å². The molecule has 21 heavy (non-hydrogen) atoms. The number of phenols is 1. The van der Waals surface area contributed by atoms with E-state index < -0.39 is 0 Å². The Labute approximate surface area is 122 Å². The van der Waals surface area contributed by atoms with Gasteiger partial charge in [-0.1, -0.05) is 30.3 Å². The van der Waals surface area contributed by atoms with E-state index in [1.54, 1.807) is 24.3 Å². The van der Waals surface area contributed by atoms with Crippen molar-refractivity contribution >= 4 is 11.6 Å². The maximum absolute atomic E-state index is 11.0. The highest BCUT2D eigenvalue weighted by Gasteiger charge is 2.12. The smallest absolute Gasteiger partial charge is 0.293 e. The van der Waals surface area contributed by atoms with Crippen molar-refractivity contribution in [1.29, 1.82) is 0 Å². The first-order chi connectivity index (χ1) is 10.1. The van der Waals surface area contributed by atoms with Crippen molar-refractivity contribution in [2.24, 2.45) is 10.2 Å². The summed E-state index contributed by atoms with van der Waals surface area (Å²) in [5, 5.41) is 15.7. The molecule has 0 spiro atoms. The Bertz CT molecular complexity index is 641. The van der Waals surface area contributed by atoms with Gasteiger partial charge in [0, 0.05) is 17.7 Å². The first-order valence-electron chi connectivity index (χ1n) is 6.38. The molecule has 0 saturated heterocycles. The molecule has 2 aromatic rings. The molecule has 3 rings (SSSR count). The van der Waals surface area contributed by atoms with Crippen LogP contribution in [-0.2, 0) is 11.2 Å². The molecule has 1 amide bonds. The molecule has 0 saturated carbocycles. The van der Waals surface area contributed by atoms with Gasteiger partial charge in [0.15, 0.2) is 0 Å². The molecule has 1 aliphatic heterocycles. The quantitative estimate of drug-likeness (QED) is 0.655. The van der Waals surface area contributed by atoms with Gasteiger partial charge in [-0.2, -0.15) is 5.11 Å². The number of aromatic hydroxyl groups is 1. The maximum Gasteiger partial charge on any atom is 0.293 e. The minimum absolute atomic E-state index is 0.219. The van der Waals surface area contributed by atoms with E-state index in [0.29, 0.717) is 17.7 Å². The van der Waals surface area contributed by atoms with E-state index in [-0.39, 0.29) is 11.7 Å². The van der Waals surface area contributed by atoms with Crippen LogP contribution >= 0.6 is 0 Å². The number of carbonyl (C=O) groups excluding carboxylic acids is 1. The highest BCUT2D eigenvalue weighted by atomic mass is 16.3. The van der Waals surface area contributed by atoms with Crippen LogP contribution in [-0.4, -0.2) is 11.0 Å². The molecule has 0 atom stereocenters. The number of anilines is 1. The third kappa shape index (κ3) is 4.58. The van der Waals surface area contributed by atoms with E-state index in [4.69, 9.17) is 10.8 Å². The van der Waals surface area contributed by atoms with Crippen LogP contribution in [0.4, 0.5) is 5.69 Å².